The van der Waals surface area contributed by atoms with E-state index >= 15 is 0 Å². The van der Waals surface area contributed by atoms with Crippen LogP contribution in [0.2, 0.25) is 5.02 Å². The van der Waals surface area contributed by atoms with Crippen molar-refractivity contribution in [3.63, 3.8) is 0 Å². The van der Waals surface area contributed by atoms with Gasteiger partial charge in [-0.05, 0) is 29.3 Å². The van der Waals surface area contributed by atoms with Crippen molar-refractivity contribution >= 4 is 68.9 Å². The van der Waals surface area contributed by atoms with Crippen LogP contribution in [0, 0.1) is 5.82 Å². The molecule has 0 aliphatic heterocycles. The van der Waals surface area contributed by atoms with Gasteiger partial charge in [0, 0.05) is 31.8 Å². The summed E-state index contributed by atoms with van der Waals surface area (Å²) in [4.78, 5) is 43.2. The fraction of sp³-hybridized carbons (Fsp3) is 0.263. The Morgan fingerprint density at radius 3 is 2.55 bits per heavy atom. The number of aryl methyl sites for hydroxylation is 1. The molecule has 0 spiro atoms. The van der Waals surface area contributed by atoms with Gasteiger partial charge < -0.3 is 10.1 Å². The molecule has 0 saturated heterocycles. The average Bonchev–Trinajstić information content (AvgIpc) is 3.14. The number of halogens is 4. The summed E-state index contributed by atoms with van der Waals surface area (Å²) in [6.07, 6.45) is 1.37. The van der Waals surface area contributed by atoms with E-state index in [1.54, 1.807) is 7.05 Å². The Bertz CT molecular complexity index is 1170. The summed E-state index contributed by atoms with van der Waals surface area (Å²) in [5, 5.41) is 6.31. The van der Waals surface area contributed by atoms with E-state index in [1.807, 2.05) is 0 Å². The van der Waals surface area contributed by atoms with Crippen molar-refractivity contribution in [3.8, 4) is 0 Å². The van der Waals surface area contributed by atoms with Crippen molar-refractivity contribution in [3.05, 3.63) is 46.6 Å². The van der Waals surface area contributed by atoms with E-state index in [4.69, 9.17) is 35.0 Å². The fourth-order valence-corrected chi connectivity index (χ4v) is 2.98. The molecule has 0 aliphatic rings. The van der Waals surface area contributed by atoms with Gasteiger partial charge in [-0.3, -0.25) is 23.9 Å². The lowest BCUT2D eigenvalue weighted by Crippen LogP contribution is -2.24. The molecule has 0 unspecified atom stereocenters. The molecule has 0 fully saturated rings. The Morgan fingerprint density at radius 2 is 1.94 bits per heavy atom. The number of ether oxygens (including phenoxy) is 1. The van der Waals surface area contributed by atoms with Gasteiger partial charge in [0.1, 0.15) is 23.2 Å². The fourth-order valence-electron chi connectivity index (χ4n) is 2.55. The predicted molar refractivity (Wildman–Crippen MR) is 120 cm³/mol. The Balaban J connectivity index is 0.000000365. The van der Waals surface area contributed by atoms with Crippen molar-refractivity contribution in [2.75, 3.05) is 11.9 Å². The summed E-state index contributed by atoms with van der Waals surface area (Å²) < 4.78 is 18.9. The van der Waals surface area contributed by atoms with Crippen LogP contribution in [-0.4, -0.2) is 44.0 Å². The molecule has 3 rings (SSSR count). The molecule has 33 heavy (non-hydrogen) atoms. The number of methoxy groups -OCH3 is 1. The Hall–Kier alpha value is -3.02. The summed E-state index contributed by atoms with van der Waals surface area (Å²) in [6.45, 7) is 0.169. The third-order valence-electron chi connectivity index (χ3n) is 4.12. The first-order valence-corrected chi connectivity index (χ1v) is 10.3. The SMILES string of the molecule is COC(=O)CCC(=O)Cl.Cn1nc(NCl)c2ncnc(C(=O)NCc3ccc(F)c(Cl)c3)c21. The minimum absolute atomic E-state index is 0.00404. The van der Waals surface area contributed by atoms with Crippen molar-refractivity contribution in [2.24, 2.45) is 7.05 Å². The second-order valence-electron chi connectivity index (χ2n) is 6.35. The summed E-state index contributed by atoms with van der Waals surface area (Å²) in [7, 11) is 2.92. The van der Waals surface area contributed by atoms with Crippen molar-refractivity contribution in [2.45, 2.75) is 19.4 Å². The summed E-state index contributed by atoms with van der Waals surface area (Å²) in [6, 6.07) is 4.23. The molecule has 2 N–H and O–H groups in total. The van der Waals surface area contributed by atoms with Gasteiger partial charge in [-0.15, -0.1) is 0 Å². The highest BCUT2D eigenvalue weighted by Gasteiger charge is 2.19. The minimum atomic E-state index is -0.514. The molecule has 0 saturated carbocycles. The number of fused-ring (bicyclic) bond motifs is 1. The van der Waals surface area contributed by atoms with E-state index in [-0.39, 0.29) is 30.1 Å². The lowest BCUT2D eigenvalue weighted by atomic mass is 10.2. The molecule has 2 aromatic heterocycles. The zero-order valence-corrected chi connectivity index (χ0v) is 19.6. The van der Waals surface area contributed by atoms with Crippen LogP contribution in [0.3, 0.4) is 0 Å². The number of benzene rings is 1. The number of hydrogen-bond acceptors (Lipinski definition) is 8. The Morgan fingerprint density at radius 1 is 1.21 bits per heavy atom. The maximum Gasteiger partial charge on any atom is 0.305 e. The Labute approximate surface area is 202 Å². The normalized spacial score (nSPS) is 10.2. The van der Waals surface area contributed by atoms with Crippen LogP contribution in [0.5, 0.6) is 0 Å². The van der Waals surface area contributed by atoms with Crippen LogP contribution in [0.1, 0.15) is 28.9 Å². The standard InChI is InChI=1S/C14H11Cl2FN6O.C5H7ClO3/c1-23-12-10(13(21-16)22-23)19-6-20-11(12)14(24)18-5-7-2-3-9(17)8(15)4-7;1-9-5(8)3-2-4(6)7/h2-4,6H,5H2,1H3,(H,18,24)(H,21,22);2-3H2,1H3. The lowest BCUT2D eigenvalue weighted by Gasteiger charge is -2.07. The van der Waals surface area contributed by atoms with Gasteiger partial charge in [0.2, 0.25) is 5.24 Å². The second-order valence-corrected chi connectivity index (χ2v) is 7.37. The van der Waals surface area contributed by atoms with Gasteiger partial charge in [-0.2, -0.15) is 5.10 Å². The molecular formula is C19H18Cl3FN6O4. The van der Waals surface area contributed by atoms with Crippen molar-refractivity contribution in [1.82, 2.24) is 25.1 Å². The monoisotopic (exact) mass is 518 g/mol. The first-order valence-electron chi connectivity index (χ1n) is 9.19. The van der Waals surface area contributed by atoms with Gasteiger partial charge in [0.05, 0.1) is 18.6 Å². The molecule has 2 heterocycles. The number of carbonyl (C=O) groups excluding carboxylic acids is 3. The predicted octanol–water partition coefficient (Wildman–Crippen LogP) is 3.36. The van der Waals surface area contributed by atoms with Gasteiger partial charge in [-0.1, -0.05) is 17.7 Å². The average molecular weight is 520 g/mol. The molecule has 14 heteroatoms. The molecular weight excluding hydrogens is 502 g/mol. The van der Waals surface area contributed by atoms with E-state index < -0.39 is 22.9 Å². The van der Waals surface area contributed by atoms with Crippen molar-refractivity contribution in [1.29, 1.82) is 0 Å². The third-order valence-corrected chi connectivity index (χ3v) is 4.77. The highest BCUT2D eigenvalue weighted by molar-refractivity contribution is 6.63. The van der Waals surface area contributed by atoms with E-state index in [0.29, 0.717) is 22.4 Å². The molecule has 176 valence electrons. The van der Waals surface area contributed by atoms with Gasteiger partial charge in [0.25, 0.3) is 5.91 Å². The van der Waals surface area contributed by atoms with Crippen LogP contribution in [0.15, 0.2) is 24.5 Å². The van der Waals surface area contributed by atoms with E-state index in [2.05, 4.69) is 30.0 Å². The van der Waals surface area contributed by atoms with Crippen LogP contribution >= 0.6 is 35.0 Å². The molecule has 0 radical (unpaired) electrons. The minimum Gasteiger partial charge on any atom is -0.469 e. The number of rotatable bonds is 7. The maximum absolute atomic E-state index is 13.2. The number of aromatic nitrogens is 4. The number of amides is 1. The highest BCUT2D eigenvalue weighted by Crippen LogP contribution is 2.22. The van der Waals surface area contributed by atoms with Crippen molar-refractivity contribution < 1.29 is 23.5 Å². The number of hydrogen-bond donors (Lipinski definition) is 2. The van der Waals surface area contributed by atoms with Gasteiger partial charge in [0.15, 0.2) is 11.5 Å². The topological polar surface area (TPSA) is 128 Å². The van der Waals surface area contributed by atoms with E-state index in [1.165, 1.54) is 36.3 Å². The number of anilines is 1. The molecule has 10 nitrogen and oxygen atoms in total. The zero-order chi connectivity index (χ0) is 24.5. The van der Waals surface area contributed by atoms with Crippen LogP contribution in [0.25, 0.3) is 11.0 Å². The largest absolute Gasteiger partial charge is 0.469 e. The summed E-state index contributed by atoms with van der Waals surface area (Å²) in [5.74, 6) is -1.02. The zero-order valence-electron chi connectivity index (χ0n) is 17.4. The number of carbonyl (C=O) groups is 3. The number of nitrogens with zero attached hydrogens (tertiary/aromatic N) is 4. The smallest absolute Gasteiger partial charge is 0.305 e. The third kappa shape index (κ3) is 7.24. The first-order chi connectivity index (χ1) is 15.7. The molecule has 1 amide bonds. The van der Waals surface area contributed by atoms with E-state index in [0.717, 1.165) is 0 Å². The van der Waals surface area contributed by atoms with Crippen LogP contribution < -0.4 is 10.2 Å². The lowest BCUT2D eigenvalue weighted by molar-refractivity contribution is -0.141. The summed E-state index contributed by atoms with van der Waals surface area (Å²) >= 11 is 16.2. The second kappa shape index (κ2) is 12.3. The Kier molecular flexibility index (Phi) is 9.76. The number of nitrogens with one attached hydrogen (secondary N) is 2. The highest BCUT2D eigenvalue weighted by atomic mass is 35.5. The molecule has 0 bridgehead atoms. The maximum atomic E-state index is 13.2. The van der Waals surface area contributed by atoms with Crippen LogP contribution in [0.4, 0.5) is 10.2 Å². The quantitative estimate of drug-likeness (QED) is 0.276. The molecule has 0 atom stereocenters. The van der Waals surface area contributed by atoms with Gasteiger partial charge in [-0.25, -0.2) is 14.4 Å². The number of esters is 1. The molecule has 3 aromatic rings. The van der Waals surface area contributed by atoms with E-state index in [9.17, 15) is 18.8 Å². The molecule has 1 aromatic carbocycles. The van der Waals surface area contributed by atoms with Crippen LogP contribution in [-0.2, 0) is 27.9 Å². The molecule has 0 aliphatic carbocycles. The van der Waals surface area contributed by atoms with Gasteiger partial charge >= 0.3 is 5.97 Å². The summed E-state index contributed by atoms with van der Waals surface area (Å²) in [5.41, 5.74) is 1.68. The first kappa shape index (κ1) is 26.2.